The Hall–Kier alpha value is -2.17. The van der Waals surface area contributed by atoms with Crippen molar-refractivity contribution in [1.29, 1.82) is 0 Å². The zero-order valence-electron chi connectivity index (χ0n) is 11.6. The number of carbonyl (C=O) groups is 2. The monoisotopic (exact) mass is 291 g/mol. The molecule has 0 aliphatic heterocycles. The Bertz CT molecular complexity index is 548. The van der Waals surface area contributed by atoms with Crippen molar-refractivity contribution in [2.45, 2.75) is 31.7 Å². The fourth-order valence-electron chi connectivity index (χ4n) is 2.51. The normalized spacial score (nSPS) is 22.1. The molecule has 0 radical (unpaired) electrons. The second kappa shape index (κ2) is 7.02. The second-order valence-corrected chi connectivity index (χ2v) is 5.25. The highest BCUT2D eigenvalue weighted by atomic mass is 19.1. The summed E-state index contributed by atoms with van der Waals surface area (Å²) in [5.74, 6) is -1.72. The van der Waals surface area contributed by atoms with Crippen LogP contribution in [0.4, 0.5) is 4.39 Å². The van der Waals surface area contributed by atoms with E-state index in [-0.39, 0.29) is 23.7 Å². The Labute approximate surface area is 122 Å². The summed E-state index contributed by atoms with van der Waals surface area (Å²) >= 11 is 0. The Morgan fingerprint density at radius 2 is 1.86 bits per heavy atom. The number of hydrogen-bond donors (Lipinski definition) is 2. The molecule has 0 bridgehead atoms. The van der Waals surface area contributed by atoms with Crippen molar-refractivity contribution in [3.63, 3.8) is 0 Å². The molecular weight excluding hydrogens is 273 g/mol. The van der Waals surface area contributed by atoms with E-state index < -0.39 is 5.97 Å². The SMILES string of the molecule is O=C(/C=C/c1ccccc1F)NC1CCC(C(=O)O)CC1. The lowest BCUT2D eigenvalue weighted by atomic mass is 9.86. The molecule has 1 aliphatic rings. The first-order chi connectivity index (χ1) is 10.1. The molecule has 1 fully saturated rings. The van der Waals surface area contributed by atoms with Gasteiger partial charge in [0.1, 0.15) is 5.82 Å². The number of nitrogens with one attached hydrogen (secondary N) is 1. The Kier molecular flexibility index (Phi) is 5.09. The predicted octanol–water partition coefficient (Wildman–Crippen LogP) is 2.60. The van der Waals surface area contributed by atoms with Gasteiger partial charge in [0, 0.05) is 17.7 Å². The number of halogens is 1. The fraction of sp³-hybridized carbons (Fsp3) is 0.375. The number of amides is 1. The maximum absolute atomic E-state index is 13.4. The molecule has 1 aromatic rings. The van der Waals surface area contributed by atoms with E-state index in [0.29, 0.717) is 31.2 Å². The van der Waals surface area contributed by atoms with Crippen molar-refractivity contribution in [3.8, 4) is 0 Å². The summed E-state index contributed by atoms with van der Waals surface area (Å²) in [7, 11) is 0. The van der Waals surface area contributed by atoms with Gasteiger partial charge in [0.25, 0.3) is 0 Å². The quantitative estimate of drug-likeness (QED) is 0.838. The number of carboxylic acid groups (broad SMARTS) is 1. The molecule has 5 heteroatoms. The molecule has 0 atom stereocenters. The topological polar surface area (TPSA) is 66.4 Å². The van der Waals surface area contributed by atoms with Crippen molar-refractivity contribution in [2.24, 2.45) is 5.92 Å². The van der Waals surface area contributed by atoms with Crippen LogP contribution in [0, 0.1) is 11.7 Å². The van der Waals surface area contributed by atoms with Crippen LogP contribution in [-0.4, -0.2) is 23.0 Å². The molecular formula is C16H18FNO3. The van der Waals surface area contributed by atoms with Crippen LogP contribution in [-0.2, 0) is 9.59 Å². The first-order valence-electron chi connectivity index (χ1n) is 7.02. The molecule has 1 amide bonds. The van der Waals surface area contributed by atoms with E-state index in [1.807, 2.05) is 0 Å². The summed E-state index contributed by atoms with van der Waals surface area (Å²) in [6.45, 7) is 0. The lowest BCUT2D eigenvalue weighted by Crippen LogP contribution is -2.37. The fourth-order valence-corrected chi connectivity index (χ4v) is 2.51. The number of benzene rings is 1. The molecule has 1 saturated carbocycles. The van der Waals surface area contributed by atoms with E-state index in [1.165, 1.54) is 18.2 Å². The highest BCUT2D eigenvalue weighted by Crippen LogP contribution is 2.24. The van der Waals surface area contributed by atoms with Gasteiger partial charge in [-0.3, -0.25) is 9.59 Å². The zero-order chi connectivity index (χ0) is 15.2. The minimum absolute atomic E-state index is 0.00151. The predicted molar refractivity (Wildman–Crippen MR) is 77.0 cm³/mol. The molecule has 0 aromatic heterocycles. The van der Waals surface area contributed by atoms with Crippen LogP contribution in [0.1, 0.15) is 31.2 Å². The third kappa shape index (κ3) is 4.41. The van der Waals surface area contributed by atoms with Gasteiger partial charge in [-0.2, -0.15) is 0 Å². The van der Waals surface area contributed by atoms with Crippen molar-refractivity contribution >= 4 is 18.0 Å². The molecule has 2 N–H and O–H groups in total. The van der Waals surface area contributed by atoms with Crippen LogP contribution in [0.5, 0.6) is 0 Å². The van der Waals surface area contributed by atoms with Crippen molar-refractivity contribution in [3.05, 3.63) is 41.7 Å². The molecule has 112 valence electrons. The molecule has 0 heterocycles. The van der Waals surface area contributed by atoms with E-state index in [4.69, 9.17) is 5.11 Å². The van der Waals surface area contributed by atoms with Crippen LogP contribution in [0.3, 0.4) is 0 Å². The number of aliphatic carboxylic acids is 1. The first-order valence-corrected chi connectivity index (χ1v) is 7.02. The number of carboxylic acids is 1. The molecule has 21 heavy (non-hydrogen) atoms. The van der Waals surface area contributed by atoms with E-state index in [1.54, 1.807) is 18.2 Å². The Balaban J connectivity index is 1.83. The summed E-state index contributed by atoms with van der Waals surface area (Å²) in [5.41, 5.74) is 0.363. The van der Waals surface area contributed by atoms with Crippen LogP contribution in [0.25, 0.3) is 6.08 Å². The van der Waals surface area contributed by atoms with E-state index in [2.05, 4.69) is 5.32 Å². The average molecular weight is 291 g/mol. The van der Waals surface area contributed by atoms with Gasteiger partial charge in [-0.05, 0) is 37.8 Å². The van der Waals surface area contributed by atoms with E-state index >= 15 is 0 Å². The summed E-state index contributed by atoms with van der Waals surface area (Å²) < 4.78 is 13.4. The van der Waals surface area contributed by atoms with Gasteiger partial charge < -0.3 is 10.4 Å². The number of hydrogen-bond acceptors (Lipinski definition) is 2. The molecule has 0 unspecified atom stereocenters. The summed E-state index contributed by atoms with van der Waals surface area (Å²) in [6, 6.07) is 6.22. The van der Waals surface area contributed by atoms with Gasteiger partial charge >= 0.3 is 5.97 Å². The third-order valence-corrected chi connectivity index (χ3v) is 3.74. The van der Waals surface area contributed by atoms with Crippen molar-refractivity contribution in [1.82, 2.24) is 5.32 Å². The van der Waals surface area contributed by atoms with Crippen LogP contribution in [0.2, 0.25) is 0 Å². The summed E-state index contributed by atoms with van der Waals surface area (Å²) in [6.07, 6.45) is 5.23. The lowest BCUT2D eigenvalue weighted by Gasteiger charge is -2.26. The highest BCUT2D eigenvalue weighted by molar-refractivity contribution is 5.91. The number of carbonyl (C=O) groups excluding carboxylic acids is 1. The average Bonchev–Trinajstić information content (AvgIpc) is 2.47. The van der Waals surface area contributed by atoms with Gasteiger partial charge in [-0.25, -0.2) is 4.39 Å². The maximum Gasteiger partial charge on any atom is 0.306 e. The Morgan fingerprint density at radius 3 is 2.48 bits per heavy atom. The van der Waals surface area contributed by atoms with Crippen LogP contribution in [0.15, 0.2) is 30.3 Å². The molecule has 1 aromatic carbocycles. The number of rotatable bonds is 4. The smallest absolute Gasteiger partial charge is 0.306 e. The lowest BCUT2D eigenvalue weighted by molar-refractivity contribution is -0.142. The first kappa shape index (κ1) is 15.2. The molecule has 0 spiro atoms. The third-order valence-electron chi connectivity index (χ3n) is 3.74. The largest absolute Gasteiger partial charge is 0.481 e. The molecule has 1 aliphatic carbocycles. The van der Waals surface area contributed by atoms with Crippen LogP contribution < -0.4 is 5.32 Å². The second-order valence-electron chi connectivity index (χ2n) is 5.25. The highest BCUT2D eigenvalue weighted by Gasteiger charge is 2.26. The summed E-state index contributed by atoms with van der Waals surface area (Å²) in [4.78, 5) is 22.6. The Morgan fingerprint density at radius 1 is 1.19 bits per heavy atom. The van der Waals surface area contributed by atoms with Gasteiger partial charge in [0.05, 0.1) is 5.92 Å². The maximum atomic E-state index is 13.4. The minimum Gasteiger partial charge on any atom is -0.481 e. The zero-order valence-corrected chi connectivity index (χ0v) is 11.6. The van der Waals surface area contributed by atoms with Gasteiger partial charge in [0.2, 0.25) is 5.91 Å². The molecule has 4 nitrogen and oxygen atoms in total. The summed E-state index contributed by atoms with van der Waals surface area (Å²) in [5, 5.41) is 11.7. The van der Waals surface area contributed by atoms with Crippen molar-refractivity contribution < 1.29 is 19.1 Å². The van der Waals surface area contributed by atoms with Gasteiger partial charge in [-0.15, -0.1) is 0 Å². The standard InChI is InChI=1S/C16H18FNO3/c17-14-4-2-1-3-11(14)7-10-15(19)18-13-8-5-12(6-9-13)16(20)21/h1-4,7,10,12-13H,5-6,8-9H2,(H,18,19)(H,20,21)/b10-7+. The van der Waals surface area contributed by atoms with Crippen molar-refractivity contribution in [2.75, 3.05) is 0 Å². The van der Waals surface area contributed by atoms with Crippen LogP contribution >= 0.6 is 0 Å². The van der Waals surface area contributed by atoms with E-state index in [9.17, 15) is 14.0 Å². The minimum atomic E-state index is -0.765. The van der Waals surface area contributed by atoms with Gasteiger partial charge in [0.15, 0.2) is 0 Å². The molecule has 0 saturated heterocycles. The molecule has 2 rings (SSSR count). The van der Waals surface area contributed by atoms with Gasteiger partial charge in [-0.1, -0.05) is 18.2 Å². The van der Waals surface area contributed by atoms with E-state index in [0.717, 1.165) is 0 Å².